The van der Waals surface area contributed by atoms with Gasteiger partial charge in [-0.3, -0.25) is 4.79 Å². The summed E-state index contributed by atoms with van der Waals surface area (Å²) in [6.45, 7) is 7.87. The Kier molecular flexibility index (Phi) is 4.58. The lowest BCUT2D eigenvalue weighted by molar-refractivity contribution is -0.133. The van der Waals surface area contributed by atoms with Crippen LogP contribution in [0.25, 0.3) is 0 Å². The molecule has 2 atom stereocenters. The summed E-state index contributed by atoms with van der Waals surface area (Å²) in [4.78, 5) is 14.0. The average Bonchev–Trinajstić information content (AvgIpc) is 3.06. The molecule has 0 radical (unpaired) electrons. The molecule has 0 aromatic carbocycles. The molecule has 1 fully saturated rings. The van der Waals surface area contributed by atoms with E-state index in [0.717, 1.165) is 25.4 Å². The number of hydrogen-bond donors (Lipinski definition) is 1. The smallest absolute Gasteiger partial charge is 0.239 e. The molecule has 0 bridgehead atoms. The molecule has 0 aromatic rings. The van der Waals surface area contributed by atoms with Gasteiger partial charge in [0.1, 0.15) is 0 Å². The van der Waals surface area contributed by atoms with Gasteiger partial charge in [0.15, 0.2) is 0 Å². The van der Waals surface area contributed by atoms with E-state index in [-0.39, 0.29) is 17.9 Å². The van der Waals surface area contributed by atoms with Crippen LogP contribution >= 0.6 is 0 Å². The molecule has 0 saturated heterocycles. The van der Waals surface area contributed by atoms with Crippen LogP contribution < -0.4 is 5.73 Å². The molecule has 1 aliphatic rings. The summed E-state index contributed by atoms with van der Waals surface area (Å²) >= 11 is 0. The van der Waals surface area contributed by atoms with Gasteiger partial charge in [-0.05, 0) is 31.6 Å². The Bertz CT molecular complexity index is 214. The highest BCUT2D eigenvalue weighted by Gasteiger charge is 2.29. The number of nitrogens with zero attached hydrogens (tertiary/aromatic N) is 1. The predicted molar refractivity (Wildman–Crippen MR) is 62.4 cm³/mol. The molecule has 15 heavy (non-hydrogen) atoms. The van der Waals surface area contributed by atoms with Crippen LogP contribution in [0.4, 0.5) is 0 Å². The van der Waals surface area contributed by atoms with Crippen molar-refractivity contribution in [1.29, 1.82) is 0 Å². The monoisotopic (exact) mass is 212 g/mol. The second-order valence-electron chi connectivity index (χ2n) is 4.73. The van der Waals surface area contributed by atoms with Gasteiger partial charge in [-0.1, -0.05) is 20.3 Å². The van der Waals surface area contributed by atoms with Crippen molar-refractivity contribution in [2.75, 3.05) is 13.1 Å². The van der Waals surface area contributed by atoms with E-state index in [1.54, 1.807) is 0 Å². The van der Waals surface area contributed by atoms with Crippen molar-refractivity contribution in [2.24, 2.45) is 17.6 Å². The summed E-state index contributed by atoms with van der Waals surface area (Å²) in [5, 5.41) is 0. The third-order valence-corrected chi connectivity index (χ3v) is 3.41. The van der Waals surface area contributed by atoms with E-state index < -0.39 is 0 Å². The van der Waals surface area contributed by atoms with Crippen LogP contribution in [-0.4, -0.2) is 29.9 Å². The fourth-order valence-electron chi connectivity index (χ4n) is 1.70. The fourth-order valence-corrected chi connectivity index (χ4v) is 1.70. The lowest BCUT2D eigenvalue weighted by atomic mass is 9.99. The molecule has 1 amide bonds. The molecular formula is C12H24N2O. The maximum atomic E-state index is 12.0. The molecular weight excluding hydrogens is 188 g/mol. The predicted octanol–water partition coefficient (Wildman–Crippen LogP) is 1.62. The van der Waals surface area contributed by atoms with Gasteiger partial charge in [0.2, 0.25) is 5.91 Å². The van der Waals surface area contributed by atoms with Crippen molar-refractivity contribution < 1.29 is 4.79 Å². The minimum Gasteiger partial charge on any atom is -0.341 e. The van der Waals surface area contributed by atoms with E-state index in [2.05, 4.69) is 6.92 Å². The summed E-state index contributed by atoms with van der Waals surface area (Å²) in [6.07, 6.45) is 3.53. The van der Waals surface area contributed by atoms with Crippen LogP contribution in [0.3, 0.4) is 0 Å². The van der Waals surface area contributed by atoms with Crippen LogP contribution in [-0.2, 0) is 4.79 Å². The summed E-state index contributed by atoms with van der Waals surface area (Å²) < 4.78 is 0. The van der Waals surface area contributed by atoms with Crippen molar-refractivity contribution in [3.05, 3.63) is 0 Å². The Morgan fingerprint density at radius 1 is 1.47 bits per heavy atom. The van der Waals surface area contributed by atoms with E-state index in [4.69, 9.17) is 5.73 Å². The highest BCUT2D eigenvalue weighted by Crippen LogP contribution is 2.29. The molecule has 1 aliphatic carbocycles. The summed E-state index contributed by atoms with van der Waals surface area (Å²) in [5.74, 6) is 1.17. The van der Waals surface area contributed by atoms with Crippen molar-refractivity contribution in [3.63, 3.8) is 0 Å². The lowest BCUT2D eigenvalue weighted by Gasteiger charge is -2.27. The first-order valence-electron chi connectivity index (χ1n) is 6.14. The third kappa shape index (κ3) is 3.49. The summed E-state index contributed by atoms with van der Waals surface area (Å²) in [7, 11) is 0. The second kappa shape index (κ2) is 5.50. The quantitative estimate of drug-likeness (QED) is 0.727. The molecule has 88 valence electrons. The summed E-state index contributed by atoms with van der Waals surface area (Å²) in [5.41, 5.74) is 5.95. The first-order valence-corrected chi connectivity index (χ1v) is 6.14. The van der Waals surface area contributed by atoms with Crippen molar-refractivity contribution >= 4 is 5.91 Å². The van der Waals surface area contributed by atoms with Gasteiger partial charge < -0.3 is 10.6 Å². The van der Waals surface area contributed by atoms with Gasteiger partial charge in [-0.2, -0.15) is 0 Å². The van der Waals surface area contributed by atoms with Gasteiger partial charge in [0.05, 0.1) is 6.04 Å². The maximum absolute atomic E-state index is 12.0. The Labute approximate surface area is 93.0 Å². The van der Waals surface area contributed by atoms with Gasteiger partial charge in [-0.25, -0.2) is 0 Å². The zero-order valence-corrected chi connectivity index (χ0v) is 10.2. The largest absolute Gasteiger partial charge is 0.341 e. The molecule has 2 N–H and O–H groups in total. The van der Waals surface area contributed by atoms with Crippen molar-refractivity contribution in [3.8, 4) is 0 Å². The zero-order valence-electron chi connectivity index (χ0n) is 10.2. The number of carbonyl (C=O) groups is 1. The van der Waals surface area contributed by atoms with Gasteiger partial charge in [-0.15, -0.1) is 0 Å². The number of likely N-dealkylation sites (N-methyl/N-ethyl adjacent to an activating group) is 1. The standard InChI is InChI=1S/C12H24N2O/c1-4-9(3)11(13)12(15)14(5-2)8-10-6-7-10/h9-11H,4-8,13H2,1-3H3/t9?,11-/m0/s1. The number of amides is 1. The zero-order chi connectivity index (χ0) is 11.4. The molecule has 1 saturated carbocycles. The van der Waals surface area contributed by atoms with Crippen LogP contribution in [0.15, 0.2) is 0 Å². The molecule has 0 aromatic heterocycles. The van der Waals surface area contributed by atoms with Gasteiger partial charge >= 0.3 is 0 Å². The number of nitrogens with two attached hydrogens (primary N) is 1. The molecule has 1 unspecified atom stereocenters. The highest BCUT2D eigenvalue weighted by molar-refractivity contribution is 5.82. The fraction of sp³-hybridized carbons (Fsp3) is 0.917. The van der Waals surface area contributed by atoms with Crippen molar-refractivity contribution in [2.45, 2.75) is 46.1 Å². The van der Waals surface area contributed by atoms with Gasteiger partial charge in [0, 0.05) is 13.1 Å². The van der Waals surface area contributed by atoms with E-state index in [9.17, 15) is 4.79 Å². The minimum atomic E-state index is -0.311. The average molecular weight is 212 g/mol. The highest BCUT2D eigenvalue weighted by atomic mass is 16.2. The maximum Gasteiger partial charge on any atom is 0.239 e. The second-order valence-corrected chi connectivity index (χ2v) is 4.73. The van der Waals surface area contributed by atoms with Crippen LogP contribution in [0.5, 0.6) is 0 Å². The normalized spacial score (nSPS) is 19.7. The Balaban J connectivity index is 2.46. The van der Waals surface area contributed by atoms with E-state index in [0.29, 0.717) is 0 Å². The number of carbonyl (C=O) groups excluding carboxylic acids is 1. The third-order valence-electron chi connectivity index (χ3n) is 3.41. The van der Waals surface area contributed by atoms with Crippen molar-refractivity contribution in [1.82, 2.24) is 4.90 Å². The molecule has 1 rings (SSSR count). The topological polar surface area (TPSA) is 46.3 Å². The lowest BCUT2D eigenvalue weighted by Crippen LogP contribution is -2.47. The Hall–Kier alpha value is -0.570. The van der Waals surface area contributed by atoms with Crippen LogP contribution in [0.2, 0.25) is 0 Å². The molecule has 0 heterocycles. The molecule has 3 nitrogen and oxygen atoms in total. The van der Waals surface area contributed by atoms with E-state index in [1.165, 1.54) is 12.8 Å². The molecule has 3 heteroatoms. The first-order chi connectivity index (χ1) is 7.10. The SMILES string of the molecule is CCC(C)[C@H](N)C(=O)N(CC)CC1CC1. The first kappa shape index (κ1) is 12.5. The van der Waals surface area contributed by atoms with E-state index in [1.807, 2.05) is 18.7 Å². The number of rotatable bonds is 6. The van der Waals surface area contributed by atoms with Gasteiger partial charge in [0.25, 0.3) is 0 Å². The minimum absolute atomic E-state index is 0.138. The Morgan fingerprint density at radius 3 is 2.47 bits per heavy atom. The number of hydrogen-bond acceptors (Lipinski definition) is 2. The summed E-state index contributed by atoms with van der Waals surface area (Å²) in [6, 6.07) is -0.311. The molecule has 0 spiro atoms. The van der Waals surface area contributed by atoms with Crippen LogP contribution in [0, 0.1) is 11.8 Å². The molecule has 0 aliphatic heterocycles. The van der Waals surface area contributed by atoms with Crippen LogP contribution in [0.1, 0.15) is 40.0 Å². The Morgan fingerprint density at radius 2 is 2.07 bits per heavy atom. The van der Waals surface area contributed by atoms with E-state index >= 15 is 0 Å².